The number of nitrogens with zero attached hydrogens (tertiary/aromatic N) is 1. The molecule has 1 N–H and O–H groups in total. The van der Waals surface area contributed by atoms with Gasteiger partial charge in [0, 0.05) is 18.7 Å². The molecule has 0 radical (unpaired) electrons. The van der Waals surface area contributed by atoms with Crippen LogP contribution in [-0.2, 0) is 9.59 Å². The Balaban J connectivity index is 0.00000171. The van der Waals surface area contributed by atoms with Crippen molar-refractivity contribution in [1.29, 1.82) is 0 Å². The number of carboxylic acids is 1. The Kier molecular flexibility index (Phi) is 12.1. The maximum absolute atomic E-state index is 13.0. The first-order chi connectivity index (χ1) is 13.3. The van der Waals surface area contributed by atoms with E-state index in [4.69, 9.17) is 0 Å². The molecule has 0 aromatic heterocycles. The Morgan fingerprint density at radius 1 is 1.11 bits per heavy atom. The van der Waals surface area contributed by atoms with Gasteiger partial charge in [0.25, 0.3) is 0 Å². The Hall–Kier alpha value is -2.17. The van der Waals surface area contributed by atoms with Crippen molar-refractivity contribution in [3.63, 3.8) is 0 Å². The lowest BCUT2D eigenvalue weighted by atomic mass is 9.82. The van der Waals surface area contributed by atoms with Crippen LogP contribution in [0.2, 0.25) is 0 Å². The fraction of sp³-hybridized carbons (Fsp3) is 0.565. The molecule has 0 saturated carbocycles. The van der Waals surface area contributed by atoms with Gasteiger partial charge in [0.1, 0.15) is 5.82 Å². The van der Waals surface area contributed by atoms with Crippen molar-refractivity contribution in [1.82, 2.24) is 4.90 Å². The molecule has 5 heteroatoms. The molecule has 0 aliphatic carbocycles. The van der Waals surface area contributed by atoms with Crippen LogP contribution in [0.1, 0.15) is 60.5 Å². The molecule has 1 heterocycles. The molecule has 4 nitrogen and oxygen atoms in total. The van der Waals surface area contributed by atoms with E-state index in [1.54, 1.807) is 30.0 Å². The van der Waals surface area contributed by atoms with E-state index in [1.807, 2.05) is 27.7 Å². The number of hydrogen-bond donors (Lipinski definition) is 1. The number of rotatable bonds is 4. The van der Waals surface area contributed by atoms with Crippen LogP contribution in [0.5, 0.6) is 0 Å². The van der Waals surface area contributed by atoms with Gasteiger partial charge < -0.3 is 10.0 Å². The Bertz CT molecular complexity index is 638. The average molecular weight is 394 g/mol. The second-order valence-electron chi connectivity index (χ2n) is 6.86. The third-order valence-corrected chi connectivity index (χ3v) is 4.65. The largest absolute Gasteiger partial charge is 0.481 e. The number of piperidine rings is 1. The fourth-order valence-electron chi connectivity index (χ4n) is 3.09. The van der Waals surface area contributed by atoms with Gasteiger partial charge in [-0.1, -0.05) is 53.7 Å². The lowest BCUT2D eigenvalue weighted by Gasteiger charge is -2.38. The molecule has 2 atom stereocenters. The summed E-state index contributed by atoms with van der Waals surface area (Å²) >= 11 is 0. The highest BCUT2D eigenvalue weighted by Gasteiger charge is 2.35. The smallest absolute Gasteiger partial charge is 0.308 e. The summed E-state index contributed by atoms with van der Waals surface area (Å²) in [5.41, 5.74) is 1.27. The molecule has 1 amide bonds. The lowest BCUT2D eigenvalue weighted by Crippen LogP contribution is -2.47. The number of benzene rings is 1. The third-order valence-electron chi connectivity index (χ3n) is 4.65. The topological polar surface area (TPSA) is 57.6 Å². The maximum atomic E-state index is 13.0. The minimum Gasteiger partial charge on any atom is -0.481 e. The number of amides is 1. The summed E-state index contributed by atoms with van der Waals surface area (Å²) in [5.74, 6) is -1.34. The molecule has 0 bridgehead atoms. The number of carbonyl (C=O) groups is 2. The van der Waals surface area contributed by atoms with Gasteiger partial charge >= 0.3 is 5.97 Å². The van der Waals surface area contributed by atoms with Crippen LogP contribution >= 0.6 is 0 Å². The van der Waals surface area contributed by atoms with Crippen LogP contribution in [-0.4, -0.2) is 35.0 Å². The van der Waals surface area contributed by atoms with Crippen LogP contribution in [0, 0.1) is 23.6 Å². The predicted molar refractivity (Wildman–Crippen MR) is 113 cm³/mol. The van der Waals surface area contributed by atoms with E-state index in [9.17, 15) is 19.1 Å². The van der Waals surface area contributed by atoms with Crippen molar-refractivity contribution in [2.75, 3.05) is 13.1 Å². The molecule has 2 rings (SSSR count). The van der Waals surface area contributed by atoms with Crippen LogP contribution in [0.15, 0.2) is 29.8 Å². The van der Waals surface area contributed by atoms with Crippen molar-refractivity contribution in [2.45, 2.75) is 54.9 Å². The molecule has 2 unspecified atom stereocenters. The summed E-state index contributed by atoms with van der Waals surface area (Å²) in [7, 11) is 0. The van der Waals surface area contributed by atoms with E-state index in [0.717, 1.165) is 5.56 Å². The molecule has 28 heavy (non-hydrogen) atoms. The fourth-order valence-corrected chi connectivity index (χ4v) is 3.09. The zero-order chi connectivity index (χ0) is 21.9. The van der Waals surface area contributed by atoms with Gasteiger partial charge in [-0.2, -0.15) is 0 Å². The highest BCUT2D eigenvalue weighted by molar-refractivity contribution is 5.97. The number of aliphatic carboxylic acids is 1. The molecular weight excluding hydrogens is 357 g/mol. The zero-order valence-electron chi connectivity index (χ0n) is 18.3. The summed E-state index contributed by atoms with van der Waals surface area (Å²) < 4.78 is 13.0. The first-order valence-corrected chi connectivity index (χ1v) is 10.2. The summed E-state index contributed by atoms with van der Waals surface area (Å²) in [5, 5.41) is 9.35. The zero-order valence-corrected chi connectivity index (χ0v) is 18.3. The monoisotopic (exact) mass is 393 g/mol. The van der Waals surface area contributed by atoms with E-state index in [-0.39, 0.29) is 24.2 Å². The molecule has 1 aromatic carbocycles. The second-order valence-corrected chi connectivity index (χ2v) is 6.86. The van der Waals surface area contributed by atoms with Crippen molar-refractivity contribution < 1.29 is 19.1 Å². The number of carboxylic acid groups (broad SMARTS) is 1. The van der Waals surface area contributed by atoms with Gasteiger partial charge in [-0.05, 0) is 49.0 Å². The van der Waals surface area contributed by atoms with Gasteiger partial charge in [0.2, 0.25) is 5.91 Å². The molecule has 1 saturated heterocycles. The minimum absolute atomic E-state index is 0.157. The Morgan fingerprint density at radius 3 is 2.11 bits per heavy atom. The van der Waals surface area contributed by atoms with Crippen LogP contribution < -0.4 is 0 Å². The third kappa shape index (κ3) is 7.83. The number of hydrogen-bond acceptors (Lipinski definition) is 2. The molecule has 0 spiro atoms. The quantitative estimate of drug-likeness (QED) is 0.689. The predicted octanol–water partition coefficient (Wildman–Crippen LogP) is 5.49. The number of likely N-dealkylation sites (tertiary alicyclic amines) is 1. The second kappa shape index (κ2) is 13.1. The van der Waals surface area contributed by atoms with E-state index in [0.29, 0.717) is 24.5 Å². The normalized spacial score (nSPS) is 19.2. The molecule has 1 aromatic rings. The minimum atomic E-state index is -0.849. The van der Waals surface area contributed by atoms with E-state index < -0.39 is 11.9 Å². The van der Waals surface area contributed by atoms with Crippen molar-refractivity contribution in [3.05, 3.63) is 41.2 Å². The van der Waals surface area contributed by atoms with Gasteiger partial charge in [-0.15, -0.1) is 0 Å². The average Bonchev–Trinajstić information content (AvgIpc) is 2.71. The van der Waals surface area contributed by atoms with Gasteiger partial charge in [-0.25, -0.2) is 4.39 Å². The van der Waals surface area contributed by atoms with E-state index >= 15 is 0 Å². The van der Waals surface area contributed by atoms with Crippen molar-refractivity contribution in [2.24, 2.45) is 17.8 Å². The molecular formula is C23H36FNO3. The van der Waals surface area contributed by atoms with Gasteiger partial charge in [0.15, 0.2) is 0 Å². The van der Waals surface area contributed by atoms with Gasteiger partial charge in [-0.3, -0.25) is 9.59 Å². The van der Waals surface area contributed by atoms with Gasteiger partial charge in [0.05, 0.1) is 5.92 Å². The number of halogens is 1. The molecule has 1 aliphatic rings. The highest BCUT2D eigenvalue weighted by Crippen LogP contribution is 2.28. The molecule has 1 aliphatic heterocycles. The Morgan fingerprint density at radius 2 is 1.64 bits per heavy atom. The lowest BCUT2D eigenvalue weighted by molar-refractivity contribution is -0.146. The van der Waals surface area contributed by atoms with E-state index in [1.165, 1.54) is 12.1 Å². The van der Waals surface area contributed by atoms with Crippen LogP contribution in [0.25, 0.3) is 6.08 Å². The summed E-state index contributed by atoms with van der Waals surface area (Å²) in [4.78, 5) is 25.7. The molecule has 1 fully saturated rings. The van der Waals surface area contributed by atoms with Crippen LogP contribution in [0.4, 0.5) is 4.39 Å². The first-order valence-electron chi connectivity index (χ1n) is 10.2. The molecule has 158 valence electrons. The first kappa shape index (κ1) is 25.8. The standard InChI is InChI=1S/C19H24FNO3.2C2H6/c1-12(2)15-9-16(19(23)24)11-21(10-15)18(22)13(3)8-14-4-6-17(20)7-5-14;2*1-2/h4-8,12,15-16H,9-11H2,1-3H3,(H,23,24);2*1-2H3/b13-8+;;. The summed E-state index contributed by atoms with van der Waals surface area (Å²) in [6.45, 7) is 14.6. The Labute approximate surface area is 169 Å². The number of carbonyl (C=O) groups excluding carboxylic acids is 1. The SMILES string of the molecule is C/C(=C\c1ccc(F)cc1)C(=O)N1CC(C(=O)O)CC(C(C)C)C1.CC.CC. The van der Waals surface area contributed by atoms with Crippen molar-refractivity contribution in [3.8, 4) is 0 Å². The van der Waals surface area contributed by atoms with Crippen molar-refractivity contribution >= 4 is 18.0 Å². The maximum Gasteiger partial charge on any atom is 0.308 e. The van der Waals surface area contributed by atoms with Crippen LogP contribution in [0.3, 0.4) is 0 Å². The highest BCUT2D eigenvalue weighted by atomic mass is 19.1. The summed E-state index contributed by atoms with van der Waals surface area (Å²) in [6, 6.07) is 5.91. The summed E-state index contributed by atoms with van der Waals surface area (Å²) in [6.07, 6.45) is 2.31. The van der Waals surface area contributed by atoms with E-state index in [2.05, 4.69) is 13.8 Å².